The largest absolute Gasteiger partial charge is 0.618 e. The molecule has 1 atom stereocenters. The minimum absolute atomic E-state index is 0.0539. The number of hydrogen-bond acceptors (Lipinski definition) is 3. The van der Waals surface area contributed by atoms with Crippen molar-refractivity contribution in [1.82, 2.24) is 0 Å². The SMILES string of the molecule is CC1(C)Cc2c(c(-c3ccc(F)cc3)c(OCc3ccc(C(F)(F)F)cc3)c(C3CCCC3)[n+]2[O-])C(O)C1. The molecule has 1 heterocycles. The zero-order chi connectivity index (χ0) is 27.2. The molecule has 1 fully saturated rings. The van der Waals surface area contributed by atoms with E-state index < -0.39 is 23.7 Å². The lowest BCUT2D eigenvalue weighted by molar-refractivity contribution is -0.626. The molecule has 4 nitrogen and oxygen atoms in total. The van der Waals surface area contributed by atoms with Gasteiger partial charge in [0.25, 0.3) is 0 Å². The maximum absolute atomic E-state index is 14.0. The number of hydrogen-bond donors (Lipinski definition) is 1. The molecule has 2 aliphatic rings. The van der Waals surface area contributed by atoms with Crippen LogP contribution in [0.4, 0.5) is 17.6 Å². The van der Waals surface area contributed by atoms with Gasteiger partial charge in [-0.2, -0.15) is 17.9 Å². The fourth-order valence-electron chi connectivity index (χ4n) is 5.96. The van der Waals surface area contributed by atoms with E-state index in [0.29, 0.717) is 52.2 Å². The number of halogens is 4. The van der Waals surface area contributed by atoms with Gasteiger partial charge in [-0.25, -0.2) is 4.39 Å². The predicted octanol–water partition coefficient (Wildman–Crippen LogP) is 7.39. The first-order valence-corrected chi connectivity index (χ1v) is 13.0. The van der Waals surface area contributed by atoms with Crippen LogP contribution < -0.4 is 9.47 Å². The Morgan fingerprint density at radius 2 is 1.66 bits per heavy atom. The van der Waals surface area contributed by atoms with Gasteiger partial charge in [0.05, 0.1) is 17.2 Å². The highest BCUT2D eigenvalue weighted by Crippen LogP contribution is 2.50. The quantitative estimate of drug-likeness (QED) is 0.213. The van der Waals surface area contributed by atoms with Crippen LogP contribution in [0.5, 0.6) is 5.75 Å². The highest BCUT2D eigenvalue weighted by Gasteiger charge is 2.43. The Kier molecular flexibility index (Phi) is 6.88. The van der Waals surface area contributed by atoms with Crippen molar-refractivity contribution in [3.63, 3.8) is 0 Å². The standard InChI is InChI=1S/C30H31F4NO3/c1-29(2)15-23-26(24(36)16-29)25(19-9-13-22(31)14-10-19)28(27(35(23)37)20-5-3-4-6-20)38-17-18-7-11-21(12-8-18)30(32,33)34/h7-14,20,24,36H,3-6,15-17H2,1-2H3. The van der Waals surface area contributed by atoms with Gasteiger partial charge in [0.2, 0.25) is 5.69 Å². The summed E-state index contributed by atoms with van der Waals surface area (Å²) < 4.78 is 60.3. The highest BCUT2D eigenvalue weighted by atomic mass is 19.4. The van der Waals surface area contributed by atoms with Crippen molar-refractivity contribution in [1.29, 1.82) is 0 Å². The monoisotopic (exact) mass is 529 g/mol. The first kappa shape index (κ1) is 26.5. The zero-order valence-electron chi connectivity index (χ0n) is 21.4. The molecule has 0 radical (unpaired) electrons. The third kappa shape index (κ3) is 5.10. The number of rotatable bonds is 5. The molecule has 1 N–H and O–H groups in total. The van der Waals surface area contributed by atoms with E-state index in [1.807, 2.05) is 13.8 Å². The molecule has 2 aliphatic carbocycles. The third-order valence-electron chi connectivity index (χ3n) is 7.77. The molecule has 3 aromatic rings. The van der Waals surface area contributed by atoms with Gasteiger partial charge in [-0.3, -0.25) is 0 Å². The molecule has 1 saturated carbocycles. The summed E-state index contributed by atoms with van der Waals surface area (Å²) in [5, 5.41) is 25.3. The Labute approximate surface area is 219 Å². The fraction of sp³-hybridized carbons (Fsp3) is 0.433. The van der Waals surface area contributed by atoms with E-state index >= 15 is 0 Å². The Morgan fingerprint density at radius 3 is 2.26 bits per heavy atom. The topological polar surface area (TPSA) is 56.4 Å². The summed E-state index contributed by atoms with van der Waals surface area (Å²) in [5.74, 6) is -0.153. The van der Waals surface area contributed by atoms with Gasteiger partial charge in [0.15, 0.2) is 11.4 Å². The maximum atomic E-state index is 14.0. The number of fused-ring (bicyclic) bond motifs is 1. The molecule has 38 heavy (non-hydrogen) atoms. The first-order chi connectivity index (χ1) is 17.9. The molecule has 0 aliphatic heterocycles. The number of alkyl halides is 3. The molecule has 0 amide bonds. The third-order valence-corrected chi connectivity index (χ3v) is 7.77. The summed E-state index contributed by atoms with van der Waals surface area (Å²) in [4.78, 5) is 0. The number of aromatic nitrogens is 1. The molecule has 0 bridgehead atoms. The van der Waals surface area contributed by atoms with Crippen molar-refractivity contribution in [3.8, 4) is 16.9 Å². The van der Waals surface area contributed by atoms with E-state index in [1.165, 1.54) is 24.3 Å². The van der Waals surface area contributed by atoms with E-state index in [4.69, 9.17) is 4.74 Å². The molecule has 8 heteroatoms. The minimum Gasteiger partial charge on any atom is -0.618 e. The number of ether oxygens (including phenoxy) is 1. The number of nitrogens with zero attached hydrogens (tertiary/aromatic N) is 1. The van der Waals surface area contributed by atoms with Gasteiger partial charge in [0.1, 0.15) is 12.4 Å². The molecule has 0 saturated heterocycles. The van der Waals surface area contributed by atoms with Gasteiger partial charge in [0, 0.05) is 17.9 Å². The Bertz CT molecular complexity index is 1310. The smallest absolute Gasteiger partial charge is 0.416 e. The van der Waals surface area contributed by atoms with Gasteiger partial charge in [-0.15, -0.1) is 0 Å². The van der Waals surface area contributed by atoms with Gasteiger partial charge < -0.3 is 15.1 Å². The second-order valence-electron chi connectivity index (χ2n) is 11.3. The summed E-state index contributed by atoms with van der Waals surface area (Å²) in [6, 6.07) is 10.6. The van der Waals surface area contributed by atoms with Crippen LogP contribution in [-0.2, 0) is 19.2 Å². The summed E-state index contributed by atoms with van der Waals surface area (Å²) in [5.41, 5.74) is 2.10. The van der Waals surface area contributed by atoms with Crippen molar-refractivity contribution >= 4 is 0 Å². The Balaban J connectivity index is 1.68. The lowest BCUT2D eigenvalue weighted by Crippen LogP contribution is -2.44. The molecule has 1 unspecified atom stereocenters. The van der Waals surface area contributed by atoms with Gasteiger partial charge in [-0.05, 0) is 60.1 Å². The van der Waals surface area contributed by atoms with Crippen molar-refractivity contribution in [3.05, 3.63) is 87.6 Å². The van der Waals surface area contributed by atoms with E-state index in [1.54, 1.807) is 12.1 Å². The van der Waals surface area contributed by atoms with Crippen LogP contribution in [0.3, 0.4) is 0 Å². The number of benzene rings is 2. The minimum atomic E-state index is -4.44. The lowest BCUT2D eigenvalue weighted by atomic mass is 9.72. The van der Waals surface area contributed by atoms with E-state index in [9.17, 15) is 27.9 Å². The number of aliphatic hydroxyl groups excluding tert-OH is 1. The Morgan fingerprint density at radius 1 is 1.03 bits per heavy atom. The average Bonchev–Trinajstić information content (AvgIpc) is 3.37. The highest BCUT2D eigenvalue weighted by molar-refractivity contribution is 5.76. The maximum Gasteiger partial charge on any atom is 0.416 e. The summed E-state index contributed by atoms with van der Waals surface area (Å²) in [6.07, 6.45) is -0.897. The lowest BCUT2D eigenvalue weighted by Gasteiger charge is -2.36. The molecule has 0 spiro atoms. The van der Waals surface area contributed by atoms with Crippen LogP contribution in [-0.4, -0.2) is 5.11 Å². The van der Waals surface area contributed by atoms with Crippen LogP contribution >= 0.6 is 0 Å². The first-order valence-electron chi connectivity index (χ1n) is 13.0. The van der Waals surface area contributed by atoms with Gasteiger partial charge >= 0.3 is 6.18 Å². The van der Waals surface area contributed by atoms with Gasteiger partial charge in [-0.1, -0.05) is 51.0 Å². The van der Waals surface area contributed by atoms with Crippen molar-refractivity contribution < 1.29 is 32.1 Å². The molecule has 5 rings (SSSR count). The van der Waals surface area contributed by atoms with E-state index in [-0.39, 0.29) is 17.9 Å². The van der Waals surface area contributed by atoms with Crippen LogP contribution in [0.2, 0.25) is 0 Å². The zero-order valence-corrected chi connectivity index (χ0v) is 21.4. The van der Waals surface area contributed by atoms with Crippen LogP contribution in [0.25, 0.3) is 11.1 Å². The fourth-order valence-corrected chi connectivity index (χ4v) is 5.96. The van der Waals surface area contributed by atoms with E-state index in [2.05, 4.69) is 0 Å². The second kappa shape index (κ2) is 9.88. The number of pyridine rings is 1. The van der Waals surface area contributed by atoms with Crippen molar-refractivity contribution in [2.45, 2.75) is 77.2 Å². The van der Waals surface area contributed by atoms with Crippen molar-refractivity contribution in [2.75, 3.05) is 0 Å². The average molecular weight is 530 g/mol. The molecule has 2 aromatic carbocycles. The second-order valence-corrected chi connectivity index (χ2v) is 11.3. The molecular weight excluding hydrogens is 498 g/mol. The summed E-state index contributed by atoms with van der Waals surface area (Å²) in [7, 11) is 0. The molecule has 1 aromatic heterocycles. The molecule has 202 valence electrons. The van der Waals surface area contributed by atoms with Crippen LogP contribution in [0.1, 0.15) is 86.1 Å². The number of aliphatic hydroxyl groups is 1. The van der Waals surface area contributed by atoms with Crippen LogP contribution in [0, 0.1) is 16.4 Å². The normalized spacial score (nSPS) is 19.4. The van der Waals surface area contributed by atoms with Crippen molar-refractivity contribution in [2.24, 2.45) is 5.41 Å². The predicted molar refractivity (Wildman–Crippen MR) is 135 cm³/mol. The summed E-state index contributed by atoms with van der Waals surface area (Å²) >= 11 is 0. The molecular formula is C30H31F4NO3. The Hall–Kier alpha value is -3.13. The van der Waals surface area contributed by atoms with Crippen LogP contribution in [0.15, 0.2) is 48.5 Å². The summed E-state index contributed by atoms with van der Waals surface area (Å²) in [6.45, 7) is 3.97. The van der Waals surface area contributed by atoms with E-state index in [0.717, 1.165) is 42.5 Å².